The molecule has 1 unspecified atom stereocenters. The van der Waals surface area contributed by atoms with Crippen LogP contribution < -0.4 is 0 Å². The molecule has 2 rings (SSSR count). The number of Topliss-reactive ketones (excluding diaryl/α,β-unsaturated/α-hetero) is 1. The maximum Gasteiger partial charge on any atom is 0.160 e. The van der Waals surface area contributed by atoms with Gasteiger partial charge in [-0.3, -0.25) is 9.69 Å². The van der Waals surface area contributed by atoms with E-state index in [0.29, 0.717) is 18.2 Å². The minimum Gasteiger partial charge on any atom is -0.297 e. The molecule has 0 aliphatic heterocycles. The molecule has 0 bridgehead atoms. The Morgan fingerprint density at radius 1 is 1.21 bits per heavy atom. The Morgan fingerprint density at radius 3 is 2.53 bits per heavy atom. The van der Waals surface area contributed by atoms with Crippen molar-refractivity contribution in [2.45, 2.75) is 39.2 Å². The van der Waals surface area contributed by atoms with Gasteiger partial charge in [0.05, 0.1) is 0 Å². The van der Waals surface area contributed by atoms with Crippen LogP contribution in [0.4, 0.5) is 0 Å². The van der Waals surface area contributed by atoms with Crippen LogP contribution in [0.3, 0.4) is 0 Å². The van der Waals surface area contributed by atoms with Crippen LogP contribution in [0.5, 0.6) is 0 Å². The number of benzene rings is 1. The average molecular weight is 257 g/mol. The zero-order chi connectivity index (χ0) is 13.7. The fourth-order valence-electron chi connectivity index (χ4n) is 2.89. The third-order valence-corrected chi connectivity index (χ3v) is 3.94. The van der Waals surface area contributed by atoms with E-state index in [4.69, 9.17) is 0 Å². The van der Waals surface area contributed by atoms with Gasteiger partial charge in [0.25, 0.3) is 0 Å². The zero-order valence-electron chi connectivity index (χ0n) is 11.9. The smallest absolute Gasteiger partial charge is 0.160 e. The summed E-state index contributed by atoms with van der Waals surface area (Å²) in [7, 11) is 0. The van der Waals surface area contributed by atoms with Crippen LogP contribution in [0.1, 0.15) is 38.7 Å². The van der Waals surface area contributed by atoms with Gasteiger partial charge < -0.3 is 0 Å². The molecule has 0 N–H and O–H groups in total. The fraction of sp³-hybridized carbons (Fsp3) is 0.471. The molecule has 1 aliphatic carbocycles. The van der Waals surface area contributed by atoms with Crippen molar-refractivity contribution in [2.24, 2.45) is 0 Å². The molecule has 0 radical (unpaired) electrons. The number of hydrogen-bond donors (Lipinski definition) is 0. The van der Waals surface area contributed by atoms with Crippen molar-refractivity contribution in [1.29, 1.82) is 0 Å². The first-order valence-electron chi connectivity index (χ1n) is 7.30. The first-order chi connectivity index (χ1) is 9.26. The third kappa shape index (κ3) is 3.32. The van der Waals surface area contributed by atoms with Gasteiger partial charge in [0, 0.05) is 18.0 Å². The molecule has 0 amide bonds. The van der Waals surface area contributed by atoms with Crippen molar-refractivity contribution in [2.75, 3.05) is 13.1 Å². The minimum atomic E-state index is 0.302. The first-order valence-corrected chi connectivity index (χ1v) is 7.30. The van der Waals surface area contributed by atoms with Crippen molar-refractivity contribution < 1.29 is 4.79 Å². The van der Waals surface area contributed by atoms with Gasteiger partial charge in [0.2, 0.25) is 0 Å². The highest BCUT2D eigenvalue weighted by molar-refractivity contribution is 6.01. The van der Waals surface area contributed by atoms with E-state index in [1.54, 1.807) is 0 Å². The SMILES string of the molecule is CCN(CC)C1CCCC(=O)C1=Cc1ccccc1. The molecule has 19 heavy (non-hydrogen) atoms. The topological polar surface area (TPSA) is 20.3 Å². The van der Waals surface area contributed by atoms with Crippen molar-refractivity contribution in [3.63, 3.8) is 0 Å². The number of rotatable bonds is 4. The number of nitrogens with zero attached hydrogens (tertiary/aromatic N) is 1. The Balaban J connectivity index is 2.31. The number of ketones is 1. The molecule has 0 aromatic heterocycles. The van der Waals surface area contributed by atoms with E-state index in [0.717, 1.165) is 37.1 Å². The van der Waals surface area contributed by atoms with Crippen molar-refractivity contribution in [1.82, 2.24) is 4.90 Å². The maximum atomic E-state index is 12.3. The van der Waals surface area contributed by atoms with Crippen molar-refractivity contribution in [3.8, 4) is 0 Å². The highest BCUT2D eigenvalue weighted by atomic mass is 16.1. The van der Waals surface area contributed by atoms with Crippen molar-refractivity contribution in [3.05, 3.63) is 41.5 Å². The predicted molar refractivity (Wildman–Crippen MR) is 80.0 cm³/mol. The second-order valence-electron chi connectivity index (χ2n) is 5.06. The Hall–Kier alpha value is -1.41. The van der Waals surface area contributed by atoms with Gasteiger partial charge in [-0.15, -0.1) is 0 Å². The molecular weight excluding hydrogens is 234 g/mol. The second-order valence-corrected chi connectivity index (χ2v) is 5.06. The molecular formula is C17H23NO. The van der Waals surface area contributed by atoms with Crippen LogP contribution in [-0.2, 0) is 4.79 Å². The highest BCUT2D eigenvalue weighted by Crippen LogP contribution is 2.27. The summed E-state index contributed by atoms with van der Waals surface area (Å²) in [5, 5.41) is 0. The lowest BCUT2D eigenvalue weighted by atomic mass is 9.86. The summed E-state index contributed by atoms with van der Waals surface area (Å²) in [6, 6.07) is 10.5. The van der Waals surface area contributed by atoms with Gasteiger partial charge in [-0.05, 0) is 37.6 Å². The van der Waals surface area contributed by atoms with E-state index in [1.165, 1.54) is 0 Å². The molecule has 1 aromatic rings. The van der Waals surface area contributed by atoms with E-state index in [-0.39, 0.29) is 0 Å². The number of carbonyl (C=O) groups excluding carboxylic acids is 1. The van der Waals surface area contributed by atoms with Crippen LogP contribution in [0.15, 0.2) is 35.9 Å². The quantitative estimate of drug-likeness (QED) is 0.769. The first kappa shape index (κ1) is 14.0. The summed E-state index contributed by atoms with van der Waals surface area (Å²) in [5.41, 5.74) is 2.13. The normalized spacial score (nSPS) is 22.2. The molecule has 1 atom stereocenters. The van der Waals surface area contributed by atoms with Crippen LogP contribution in [0, 0.1) is 0 Å². The highest BCUT2D eigenvalue weighted by Gasteiger charge is 2.28. The lowest BCUT2D eigenvalue weighted by Gasteiger charge is -2.34. The molecule has 1 aromatic carbocycles. The van der Waals surface area contributed by atoms with Crippen LogP contribution >= 0.6 is 0 Å². The Morgan fingerprint density at radius 2 is 1.89 bits per heavy atom. The third-order valence-electron chi connectivity index (χ3n) is 3.94. The second kappa shape index (κ2) is 6.67. The van der Waals surface area contributed by atoms with Crippen LogP contribution in [0.2, 0.25) is 0 Å². The Labute approximate surface area is 116 Å². The maximum absolute atomic E-state index is 12.3. The number of carbonyl (C=O) groups is 1. The number of hydrogen-bond acceptors (Lipinski definition) is 2. The molecule has 2 heteroatoms. The Bertz CT molecular complexity index is 446. The summed E-state index contributed by atoms with van der Waals surface area (Å²) in [5.74, 6) is 0.326. The molecule has 0 heterocycles. The van der Waals surface area contributed by atoms with Crippen molar-refractivity contribution >= 4 is 11.9 Å². The average Bonchev–Trinajstić information content (AvgIpc) is 2.45. The molecule has 102 valence electrons. The zero-order valence-corrected chi connectivity index (χ0v) is 11.9. The van der Waals surface area contributed by atoms with E-state index in [1.807, 2.05) is 18.2 Å². The molecule has 1 aliphatic rings. The lowest BCUT2D eigenvalue weighted by molar-refractivity contribution is -0.117. The summed E-state index contributed by atoms with van der Waals surface area (Å²) in [6.45, 7) is 6.34. The fourth-order valence-corrected chi connectivity index (χ4v) is 2.89. The van der Waals surface area contributed by atoms with Gasteiger partial charge in [-0.2, -0.15) is 0 Å². The minimum absolute atomic E-state index is 0.302. The van der Waals surface area contributed by atoms with Crippen LogP contribution in [-0.4, -0.2) is 29.8 Å². The van der Waals surface area contributed by atoms with E-state index in [9.17, 15) is 4.79 Å². The number of likely N-dealkylation sites (N-methyl/N-ethyl adjacent to an activating group) is 1. The van der Waals surface area contributed by atoms with E-state index < -0.39 is 0 Å². The van der Waals surface area contributed by atoms with E-state index >= 15 is 0 Å². The van der Waals surface area contributed by atoms with Gasteiger partial charge in [-0.1, -0.05) is 44.2 Å². The van der Waals surface area contributed by atoms with Gasteiger partial charge in [-0.25, -0.2) is 0 Å². The van der Waals surface area contributed by atoms with Gasteiger partial charge in [0.1, 0.15) is 0 Å². The lowest BCUT2D eigenvalue weighted by Crippen LogP contribution is -2.40. The summed E-state index contributed by atoms with van der Waals surface area (Å²) in [4.78, 5) is 14.6. The van der Waals surface area contributed by atoms with Gasteiger partial charge in [0.15, 0.2) is 5.78 Å². The molecule has 1 fully saturated rings. The summed E-state index contributed by atoms with van der Waals surface area (Å²) < 4.78 is 0. The largest absolute Gasteiger partial charge is 0.297 e. The Kier molecular flexibility index (Phi) is 4.92. The monoisotopic (exact) mass is 257 g/mol. The molecule has 0 spiro atoms. The predicted octanol–water partition coefficient (Wildman–Crippen LogP) is 3.53. The van der Waals surface area contributed by atoms with Crippen LogP contribution in [0.25, 0.3) is 6.08 Å². The standard InChI is InChI=1S/C17H23NO/c1-3-18(4-2)16-11-8-12-17(19)15(16)13-14-9-6-5-7-10-14/h5-7,9-10,13,16H,3-4,8,11-12H2,1-2H3. The molecule has 1 saturated carbocycles. The summed E-state index contributed by atoms with van der Waals surface area (Å²) in [6.07, 6.45) is 4.92. The summed E-state index contributed by atoms with van der Waals surface area (Å²) >= 11 is 0. The molecule has 2 nitrogen and oxygen atoms in total. The van der Waals surface area contributed by atoms with Gasteiger partial charge >= 0.3 is 0 Å². The molecule has 0 saturated heterocycles. The van der Waals surface area contributed by atoms with E-state index in [2.05, 4.69) is 37.0 Å².